The summed E-state index contributed by atoms with van der Waals surface area (Å²) < 4.78 is 14.9. The van der Waals surface area contributed by atoms with Crippen LogP contribution in [0.15, 0.2) is 0 Å². The first-order valence-corrected chi connectivity index (χ1v) is 6.36. The van der Waals surface area contributed by atoms with Crippen molar-refractivity contribution in [2.24, 2.45) is 0 Å². The van der Waals surface area contributed by atoms with Crippen molar-refractivity contribution in [1.82, 2.24) is 0 Å². The van der Waals surface area contributed by atoms with Crippen LogP contribution in [0.2, 0.25) is 6.55 Å². The molecule has 0 radical (unpaired) electrons. The molecule has 12 heavy (non-hydrogen) atoms. The van der Waals surface area contributed by atoms with Gasteiger partial charge in [0, 0.05) is 26.5 Å². The summed E-state index contributed by atoms with van der Waals surface area (Å²) in [7, 11) is 0.243. The van der Waals surface area contributed by atoms with E-state index in [2.05, 4.69) is 12.6 Å². The maximum Gasteiger partial charge on any atom is 0.564 e. The summed E-state index contributed by atoms with van der Waals surface area (Å²) >= 11 is 3.90. The van der Waals surface area contributed by atoms with E-state index < -0.39 is 8.80 Å². The van der Waals surface area contributed by atoms with Crippen LogP contribution in [0, 0.1) is 0 Å². The van der Waals surface area contributed by atoms with Gasteiger partial charge in [-0.05, 0) is 0 Å². The van der Waals surface area contributed by atoms with E-state index in [9.17, 15) is 4.79 Å². The van der Waals surface area contributed by atoms with Crippen molar-refractivity contribution in [3.05, 3.63) is 0 Å². The molecule has 0 aromatic carbocycles. The minimum atomic E-state index is -2.68. The normalized spacial score (nSPS) is 11.3. The summed E-state index contributed by atoms with van der Waals surface area (Å²) in [6.07, 6.45) is 0.276. The first-order chi connectivity index (χ1) is 5.58. The fourth-order valence-electron chi connectivity index (χ4n) is 0.516. The highest BCUT2D eigenvalue weighted by atomic mass is 32.1. The Balaban J connectivity index is 3.93. The van der Waals surface area contributed by atoms with Gasteiger partial charge in [-0.25, -0.2) is 0 Å². The van der Waals surface area contributed by atoms with Crippen LogP contribution in [-0.2, 0) is 18.1 Å². The molecule has 0 aliphatic carbocycles. The standard InChI is InChI=1S/C6H14O4SSi/c1-8-12(3,9-2)10-6(7)4-5-11/h11H,4-5H2,1-3H3. The molecule has 0 heterocycles. The van der Waals surface area contributed by atoms with Crippen molar-refractivity contribution in [3.63, 3.8) is 0 Å². The predicted octanol–water partition coefficient (Wildman–Crippen LogP) is 0.711. The van der Waals surface area contributed by atoms with Gasteiger partial charge >= 0.3 is 8.80 Å². The van der Waals surface area contributed by atoms with Gasteiger partial charge in [0.05, 0.1) is 6.42 Å². The van der Waals surface area contributed by atoms with E-state index >= 15 is 0 Å². The molecule has 0 aliphatic heterocycles. The molecule has 0 N–H and O–H groups in total. The van der Waals surface area contributed by atoms with Gasteiger partial charge in [0.2, 0.25) is 0 Å². The van der Waals surface area contributed by atoms with Gasteiger partial charge in [-0.2, -0.15) is 12.6 Å². The Morgan fingerprint density at radius 1 is 1.42 bits per heavy atom. The summed E-state index contributed by atoms with van der Waals surface area (Å²) in [6.45, 7) is 1.66. The Labute approximate surface area is 79.0 Å². The smallest absolute Gasteiger partial charge is 0.473 e. The Hall–Kier alpha value is -0.0431. The molecule has 0 saturated heterocycles. The molecule has 0 amide bonds. The van der Waals surface area contributed by atoms with Crippen molar-refractivity contribution >= 4 is 27.4 Å². The lowest BCUT2D eigenvalue weighted by atomic mass is 10.5. The zero-order chi connectivity index (χ0) is 9.61. The maximum absolute atomic E-state index is 11.0. The largest absolute Gasteiger partial charge is 0.564 e. The van der Waals surface area contributed by atoms with Gasteiger partial charge in [0.1, 0.15) is 0 Å². The molecule has 0 aromatic heterocycles. The van der Waals surface area contributed by atoms with E-state index in [1.807, 2.05) is 0 Å². The van der Waals surface area contributed by atoms with Crippen molar-refractivity contribution in [1.29, 1.82) is 0 Å². The van der Waals surface area contributed by atoms with Crippen LogP contribution >= 0.6 is 12.6 Å². The molecule has 72 valence electrons. The lowest BCUT2D eigenvalue weighted by Crippen LogP contribution is -2.42. The number of thiol groups is 1. The van der Waals surface area contributed by atoms with E-state index in [1.165, 1.54) is 14.2 Å². The highest BCUT2D eigenvalue weighted by molar-refractivity contribution is 7.80. The van der Waals surface area contributed by atoms with E-state index in [-0.39, 0.29) is 12.4 Å². The lowest BCUT2D eigenvalue weighted by molar-refractivity contribution is -0.138. The van der Waals surface area contributed by atoms with Gasteiger partial charge in [-0.15, -0.1) is 0 Å². The van der Waals surface area contributed by atoms with Crippen LogP contribution in [0.1, 0.15) is 6.42 Å². The summed E-state index contributed by atoms with van der Waals surface area (Å²) in [4.78, 5) is 11.0. The zero-order valence-corrected chi connectivity index (χ0v) is 9.39. The summed E-state index contributed by atoms with van der Waals surface area (Å²) in [6, 6.07) is 0. The second-order valence-electron chi connectivity index (χ2n) is 2.22. The Bertz CT molecular complexity index is 148. The Morgan fingerprint density at radius 3 is 2.25 bits per heavy atom. The monoisotopic (exact) mass is 210 g/mol. The molecule has 0 aliphatic rings. The molecule has 0 unspecified atom stereocenters. The van der Waals surface area contributed by atoms with Crippen LogP contribution in [-0.4, -0.2) is 34.7 Å². The lowest BCUT2D eigenvalue weighted by Gasteiger charge is -2.21. The molecule has 6 heteroatoms. The van der Waals surface area contributed by atoms with Crippen LogP contribution < -0.4 is 0 Å². The van der Waals surface area contributed by atoms with Gasteiger partial charge < -0.3 is 13.3 Å². The van der Waals surface area contributed by atoms with Gasteiger partial charge in [0.15, 0.2) is 0 Å². The first kappa shape index (κ1) is 12.0. The molecule has 0 aromatic rings. The zero-order valence-electron chi connectivity index (χ0n) is 7.49. The molecule has 0 atom stereocenters. The van der Waals surface area contributed by atoms with Gasteiger partial charge in [0.25, 0.3) is 5.97 Å². The molecule has 0 rings (SSSR count). The minimum absolute atomic E-state index is 0.276. The summed E-state index contributed by atoms with van der Waals surface area (Å²) in [5.74, 6) is 0.138. The van der Waals surface area contributed by atoms with Crippen LogP contribution in [0.3, 0.4) is 0 Å². The Kier molecular flexibility index (Phi) is 5.56. The molecule has 0 spiro atoms. The van der Waals surface area contributed by atoms with E-state index in [1.54, 1.807) is 6.55 Å². The maximum atomic E-state index is 11.0. The molecule has 0 saturated carbocycles. The third kappa shape index (κ3) is 4.10. The number of hydrogen-bond acceptors (Lipinski definition) is 5. The Morgan fingerprint density at radius 2 is 1.92 bits per heavy atom. The average Bonchev–Trinajstić information content (AvgIpc) is 2.05. The summed E-state index contributed by atoms with van der Waals surface area (Å²) in [5.41, 5.74) is 0. The van der Waals surface area contributed by atoms with Gasteiger partial charge in [-0.1, -0.05) is 0 Å². The van der Waals surface area contributed by atoms with Crippen molar-refractivity contribution < 1.29 is 18.1 Å². The third-order valence-corrected chi connectivity index (χ3v) is 3.66. The topological polar surface area (TPSA) is 44.8 Å². The number of carbonyl (C=O) groups excluding carboxylic acids is 1. The predicted molar refractivity (Wildman–Crippen MR) is 50.2 cm³/mol. The van der Waals surface area contributed by atoms with Crippen molar-refractivity contribution in [2.75, 3.05) is 20.0 Å². The third-order valence-electron chi connectivity index (χ3n) is 1.36. The van der Waals surface area contributed by atoms with E-state index in [0.29, 0.717) is 5.75 Å². The molecular formula is C6H14O4SSi. The highest BCUT2D eigenvalue weighted by Gasteiger charge is 2.36. The SMILES string of the molecule is CO[Si](C)(OC)OC(=O)CCS. The van der Waals surface area contributed by atoms with Crippen LogP contribution in [0.25, 0.3) is 0 Å². The fraction of sp³-hybridized carbons (Fsp3) is 0.833. The quantitative estimate of drug-likeness (QED) is 0.536. The molecule has 0 fully saturated rings. The van der Waals surface area contributed by atoms with Crippen LogP contribution in [0.5, 0.6) is 0 Å². The average molecular weight is 210 g/mol. The number of rotatable bonds is 5. The minimum Gasteiger partial charge on any atom is -0.473 e. The van der Waals surface area contributed by atoms with E-state index in [0.717, 1.165) is 0 Å². The fourth-order valence-corrected chi connectivity index (χ4v) is 1.55. The number of hydrogen-bond donors (Lipinski definition) is 1. The molecule has 0 bridgehead atoms. The van der Waals surface area contributed by atoms with Crippen LogP contribution in [0.4, 0.5) is 0 Å². The highest BCUT2D eigenvalue weighted by Crippen LogP contribution is 2.07. The van der Waals surface area contributed by atoms with Crippen molar-refractivity contribution in [2.45, 2.75) is 13.0 Å². The second-order valence-corrected chi connectivity index (χ2v) is 5.41. The molecular weight excluding hydrogens is 196 g/mol. The first-order valence-electron chi connectivity index (χ1n) is 3.51. The summed E-state index contributed by atoms with van der Waals surface area (Å²) in [5, 5.41) is 0. The van der Waals surface area contributed by atoms with Crippen molar-refractivity contribution in [3.8, 4) is 0 Å². The second kappa shape index (κ2) is 5.58. The van der Waals surface area contributed by atoms with E-state index in [4.69, 9.17) is 13.3 Å². The number of carbonyl (C=O) groups is 1. The van der Waals surface area contributed by atoms with Gasteiger partial charge in [-0.3, -0.25) is 4.79 Å². The molecule has 4 nitrogen and oxygen atoms in total.